The van der Waals surface area contributed by atoms with E-state index < -0.39 is 12.9 Å². The van der Waals surface area contributed by atoms with E-state index in [0.717, 1.165) is 24.8 Å². The summed E-state index contributed by atoms with van der Waals surface area (Å²) in [6.45, 7) is 2.09. The number of anilines is 1. The number of rotatable bonds is 4. The second kappa shape index (κ2) is 7.02. The van der Waals surface area contributed by atoms with Crippen LogP contribution in [0.3, 0.4) is 0 Å². The average molecular weight is 319 g/mol. The maximum Gasteiger partial charge on any atom is 0.491 e. The molecular formula is C17H23BFNO3. The first kappa shape index (κ1) is 15.8. The zero-order chi connectivity index (χ0) is 16.2. The molecule has 4 nitrogen and oxygen atoms in total. The van der Waals surface area contributed by atoms with Crippen molar-refractivity contribution in [2.75, 3.05) is 18.0 Å². The van der Waals surface area contributed by atoms with Gasteiger partial charge in [0, 0.05) is 39.2 Å². The van der Waals surface area contributed by atoms with Crippen LogP contribution in [0.5, 0.6) is 11.5 Å². The smallest absolute Gasteiger partial charge is 0.457 e. The van der Waals surface area contributed by atoms with Gasteiger partial charge < -0.3 is 19.7 Å². The number of hydrogen-bond acceptors (Lipinski definition) is 4. The van der Waals surface area contributed by atoms with Gasteiger partial charge in [-0.3, -0.25) is 0 Å². The molecule has 1 saturated heterocycles. The molecule has 3 rings (SSSR count). The molecule has 1 fully saturated rings. The number of hydrogen-bond donors (Lipinski definition) is 2. The minimum Gasteiger partial charge on any atom is -0.457 e. The van der Waals surface area contributed by atoms with Gasteiger partial charge in [0.05, 0.1) is 0 Å². The minimum atomic E-state index is -1.83. The third-order valence-electron chi connectivity index (χ3n) is 4.02. The van der Waals surface area contributed by atoms with Crippen LogP contribution in [0, 0.1) is 5.82 Å². The zero-order valence-electron chi connectivity index (χ0n) is 12.8. The second-order valence-corrected chi connectivity index (χ2v) is 5.70. The Balaban J connectivity index is 0.00000156. The Morgan fingerprint density at radius 2 is 1.74 bits per heavy atom. The third-order valence-corrected chi connectivity index (χ3v) is 4.02. The van der Waals surface area contributed by atoms with Crippen molar-refractivity contribution in [3.8, 4) is 11.5 Å². The molecule has 0 saturated carbocycles. The number of ether oxygens (including phenoxy) is 1. The van der Waals surface area contributed by atoms with Crippen LogP contribution in [0.1, 0.15) is 22.1 Å². The maximum atomic E-state index is 13.8. The molecule has 2 aromatic rings. The van der Waals surface area contributed by atoms with Gasteiger partial charge in [0.15, 0.2) is 0 Å². The van der Waals surface area contributed by atoms with Crippen LogP contribution in [0.4, 0.5) is 10.1 Å². The number of piperidine rings is 1. The number of benzene rings is 2. The van der Waals surface area contributed by atoms with Crippen molar-refractivity contribution in [2.45, 2.75) is 19.3 Å². The normalized spacial score (nSPS) is 14.7. The van der Waals surface area contributed by atoms with Gasteiger partial charge in [-0.05, 0) is 37.5 Å². The molecule has 124 valence electrons. The molecule has 0 aliphatic carbocycles. The standard InChI is InChI=1S/C17H19BFNO3.2H2/c19-17-12-15(7-8-16(17)18(21)22)23-14-6-4-5-13(11-14)20-9-2-1-3-10-20;;/h4-8,11-12,21-22H,1-3,9-10H2;2*1H. The van der Waals surface area contributed by atoms with E-state index in [0.29, 0.717) is 11.5 Å². The monoisotopic (exact) mass is 319 g/mol. The molecule has 0 unspecified atom stereocenters. The highest BCUT2D eigenvalue weighted by Gasteiger charge is 2.17. The molecule has 1 aliphatic heterocycles. The van der Waals surface area contributed by atoms with Gasteiger partial charge in [0.2, 0.25) is 0 Å². The van der Waals surface area contributed by atoms with Crippen molar-refractivity contribution in [3.05, 3.63) is 48.3 Å². The van der Waals surface area contributed by atoms with E-state index in [1.807, 2.05) is 24.3 Å². The molecule has 0 atom stereocenters. The van der Waals surface area contributed by atoms with Crippen LogP contribution in [0.15, 0.2) is 42.5 Å². The zero-order valence-corrected chi connectivity index (χ0v) is 12.8. The fourth-order valence-corrected chi connectivity index (χ4v) is 2.81. The Bertz CT molecular complexity index is 685. The average Bonchev–Trinajstić information content (AvgIpc) is 2.56. The SMILES string of the molecule is OB(O)c1ccc(Oc2cccc(N3CCCCC3)c2)cc1F.[HH].[HH]. The predicted octanol–water partition coefficient (Wildman–Crippen LogP) is 2.78. The summed E-state index contributed by atoms with van der Waals surface area (Å²) in [7, 11) is -1.83. The Morgan fingerprint density at radius 3 is 2.43 bits per heavy atom. The molecular weight excluding hydrogens is 296 g/mol. The topological polar surface area (TPSA) is 52.9 Å². The Kier molecular flexibility index (Phi) is 4.83. The first-order valence-electron chi connectivity index (χ1n) is 7.82. The van der Waals surface area contributed by atoms with Crippen molar-refractivity contribution in [1.29, 1.82) is 0 Å². The summed E-state index contributed by atoms with van der Waals surface area (Å²) >= 11 is 0. The summed E-state index contributed by atoms with van der Waals surface area (Å²) in [6, 6.07) is 11.7. The van der Waals surface area contributed by atoms with Gasteiger partial charge in [0.1, 0.15) is 17.3 Å². The van der Waals surface area contributed by atoms with E-state index in [9.17, 15) is 4.39 Å². The highest BCUT2D eigenvalue weighted by atomic mass is 19.1. The molecule has 1 heterocycles. The van der Waals surface area contributed by atoms with Gasteiger partial charge in [-0.15, -0.1) is 0 Å². The highest BCUT2D eigenvalue weighted by Crippen LogP contribution is 2.27. The lowest BCUT2D eigenvalue weighted by molar-refractivity contribution is 0.422. The van der Waals surface area contributed by atoms with Crippen molar-refractivity contribution in [3.63, 3.8) is 0 Å². The molecule has 0 aromatic heterocycles. The van der Waals surface area contributed by atoms with Crippen LogP contribution in [-0.4, -0.2) is 30.3 Å². The predicted molar refractivity (Wildman–Crippen MR) is 93.0 cm³/mol. The fraction of sp³-hybridized carbons (Fsp3) is 0.294. The highest BCUT2D eigenvalue weighted by molar-refractivity contribution is 6.58. The van der Waals surface area contributed by atoms with E-state index in [1.54, 1.807) is 0 Å². The van der Waals surface area contributed by atoms with Crippen LogP contribution >= 0.6 is 0 Å². The fourth-order valence-electron chi connectivity index (χ4n) is 2.81. The van der Waals surface area contributed by atoms with Gasteiger partial charge in [-0.25, -0.2) is 4.39 Å². The summed E-state index contributed by atoms with van der Waals surface area (Å²) in [5, 5.41) is 18.1. The molecule has 0 radical (unpaired) electrons. The van der Waals surface area contributed by atoms with Crippen LogP contribution in [0.25, 0.3) is 0 Å². The number of nitrogens with zero attached hydrogens (tertiary/aromatic N) is 1. The maximum absolute atomic E-state index is 13.8. The van der Waals surface area contributed by atoms with E-state index in [2.05, 4.69) is 4.90 Å². The van der Waals surface area contributed by atoms with Gasteiger partial charge >= 0.3 is 7.12 Å². The summed E-state index contributed by atoms with van der Waals surface area (Å²) < 4.78 is 19.5. The molecule has 2 N–H and O–H groups in total. The van der Waals surface area contributed by atoms with Gasteiger partial charge in [-0.1, -0.05) is 12.1 Å². The Hall–Kier alpha value is -2.05. The van der Waals surface area contributed by atoms with Crippen molar-refractivity contribution in [2.24, 2.45) is 0 Å². The lowest BCUT2D eigenvalue weighted by Gasteiger charge is -2.29. The lowest BCUT2D eigenvalue weighted by atomic mass is 9.80. The molecule has 1 aliphatic rings. The Labute approximate surface area is 138 Å². The molecule has 23 heavy (non-hydrogen) atoms. The van der Waals surface area contributed by atoms with Crippen LogP contribution < -0.4 is 15.1 Å². The van der Waals surface area contributed by atoms with E-state index in [1.165, 1.54) is 31.4 Å². The first-order chi connectivity index (χ1) is 11.1. The van der Waals surface area contributed by atoms with Crippen molar-refractivity contribution >= 4 is 18.3 Å². The quantitative estimate of drug-likeness (QED) is 0.851. The van der Waals surface area contributed by atoms with E-state index in [4.69, 9.17) is 14.8 Å². The molecule has 2 aromatic carbocycles. The first-order valence-corrected chi connectivity index (χ1v) is 7.82. The minimum absolute atomic E-state index is 0. The second-order valence-electron chi connectivity index (χ2n) is 5.70. The Morgan fingerprint density at radius 1 is 1.00 bits per heavy atom. The van der Waals surface area contributed by atoms with Gasteiger partial charge in [-0.2, -0.15) is 0 Å². The van der Waals surface area contributed by atoms with Crippen LogP contribution in [-0.2, 0) is 0 Å². The summed E-state index contributed by atoms with van der Waals surface area (Å²) in [5.74, 6) is 0.247. The molecule has 6 heteroatoms. The third kappa shape index (κ3) is 3.84. The number of halogens is 1. The summed E-state index contributed by atoms with van der Waals surface area (Å²) in [4.78, 5) is 2.32. The van der Waals surface area contributed by atoms with E-state index in [-0.39, 0.29) is 8.32 Å². The van der Waals surface area contributed by atoms with Gasteiger partial charge in [0.25, 0.3) is 0 Å². The molecule has 0 bridgehead atoms. The van der Waals surface area contributed by atoms with Crippen molar-refractivity contribution < 1.29 is 22.0 Å². The molecule has 0 spiro atoms. The van der Waals surface area contributed by atoms with E-state index >= 15 is 0 Å². The molecule has 0 amide bonds. The summed E-state index contributed by atoms with van der Waals surface area (Å²) in [6.07, 6.45) is 3.66. The largest absolute Gasteiger partial charge is 0.491 e. The lowest BCUT2D eigenvalue weighted by Crippen LogP contribution is -2.32. The van der Waals surface area contributed by atoms with Crippen molar-refractivity contribution in [1.82, 2.24) is 0 Å². The summed E-state index contributed by atoms with van der Waals surface area (Å²) in [5.41, 5.74) is 0.935. The van der Waals surface area contributed by atoms with Crippen LogP contribution in [0.2, 0.25) is 0 Å².